The molecule has 1 aromatic heterocycles. The van der Waals surface area contributed by atoms with Crippen molar-refractivity contribution in [1.29, 1.82) is 0 Å². The number of esters is 1. The lowest BCUT2D eigenvalue weighted by atomic mass is 10.3. The van der Waals surface area contributed by atoms with Gasteiger partial charge in [-0.2, -0.15) is 0 Å². The number of imide groups is 1. The summed E-state index contributed by atoms with van der Waals surface area (Å²) in [4.78, 5) is 39.5. The lowest BCUT2D eigenvalue weighted by Gasteiger charge is -2.13. The van der Waals surface area contributed by atoms with Crippen molar-refractivity contribution in [2.75, 3.05) is 0 Å². The van der Waals surface area contributed by atoms with E-state index in [1.54, 1.807) is 24.3 Å². The van der Waals surface area contributed by atoms with E-state index in [2.05, 4.69) is 4.98 Å². The Morgan fingerprint density at radius 1 is 1.24 bits per heavy atom. The number of hydrogen-bond donors (Lipinski definition) is 2. The van der Waals surface area contributed by atoms with Crippen molar-refractivity contribution >= 4 is 41.3 Å². The number of pyridine rings is 1. The Morgan fingerprint density at radius 3 is 2.64 bits per heavy atom. The Morgan fingerprint density at radius 2 is 1.96 bits per heavy atom. The molecule has 1 heterocycles. The highest BCUT2D eigenvalue weighted by Gasteiger charge is 2.22. The van der Waals surface area contributed by atoms with Crippen LogP contribution in [-0.2, 0) is 9.53 Å². The van der Waals surface area contributed by atoms with Crippen molar-refractivity contribution in [3.8, 4) is 0 Å². The first-order valence-electron chi connectivity index (χ1n) is 7.07. The van der Waals surface area contributed by atoms with Gasteiger partial charge in [0.2, 0.25) is 0 Å². The fourth-order valence-electron chi connectivity index (χ4n) is 1.76. The van der Waals surface area contributed by atoms with Gasteiger partial charge in [-0.05, 0) is 31.2 Å². The molecule has 0 aliphatic heterocycles. The maximum absolute atomic E-state index is 12.3. The second-order valence-corrected chi connectivity index (χ2v) is 6.23. The maximum Gasteiger partial charge on any atom is 0.341 e. The number of aromatic nitrogens is 1. The zero-order valence-electron chi connectivity index (χ0n) is 13.1. The lowest BCUT2D eigenvalue weighted by Crippen LogP contribution is -2.42. The smallest absolute Gasteiger partial charge is 0.341 e. The number of urea groups is 1. The number of amides is 3. The average molecular weight is 380 g/mol. The summed E-state index contributed by atoms with van der Waals surface area (Å²) in [6.45, 7) is 1.33. The van der Waals surface area contributed by atoms with Gasteiger partial charge in [-0.3, -0.25) is 10.1 Å². The molecule has 0 spiro atoms. The van der Waals surface area contributed by atoms with E-state index in [1.165, 1.54) is 30.9 Å². The van der Waals surface area contributed by atoms with Gasteiger partial charge in [-0.25, -0.2) is 14.6 Å². The van der Waals surface area contributed by atoms with Gasteiger partial charge < -0.3 is 10.5 Å². The fraction of sp³-hybridized carbons (Fsp3) is 0.125. The van der Waals surface area contributed by atoms with Gasteiger partial charge in [0.05, 0.1) is 10.6 Å². The summed E-state index contributed by atoms with van der Waals surface area (Å²) in [5, 5.41) is 2.74. The van der Waals surface area contributed by atoms with Crippen LogP contribution < -0.4 is 11.1 Å². The van der Waals surface area contributed by atoms with E-state index in [9.17, 15) is 14.4 Å². The zero-order chi connectivity index (χ0) is 18.4. The van der Waals surface area contributed by atoms with Gasteiger partial charge in [-0.1, -0.05) is 35.5 Å². The monoisotopic (exact) mass is 379 g/mol. The van der Waals surface area contributed by atoms with E-state index in [4.69, 9.17) is 22.1 Å². The molecule has 3 N–H and O–H groups in total. The molecule has 130 valence electrons. The number of rotatable bonds is 5. The summed E-state index contributed by atoms with van der Waals surface area (Å²) in [6, 6.07) is 9.18. The van der Waals surface area contributed by atoms with Crippen molar-refractivity contribution in [1.82, 2.24) is 10.3 Å². The van der Waals surface area contributed by atoms with Crippen LogP contribution in [0, 0.1) is 0 Å². The Hall–Kier alpha value is -2.58. The molecule has 2 rings (SSSR count). The van der Waals surface area contributed by atoms with Gasteiger partial charge >= 0.3 is 12.0 Å². The summed E-state index contributed by atoms with van der Waals surface area (Å²) in [5.41, 5.74) is 5.03. The lowest BCUT2D eigenvalue weighted by molar-refractivity contribution is -0.127. The minimum atomic E-state index is -1.20. The van der Waals surface area contributed by atoms with E-state index in [0.717, 1.165) is 4.90 Å². The van der Waals surface area contributed by atoms with E-state index < -0.39 is 24.0 Å². The number of primary amides is 1. The first-order valence-corrected chi connectivity index (χ1v) is 8.26. The standard InChI is InChI=1S/C16H14ClN3O4S/c1-9(13(21)20-16(18)23)24-15(22)10-5-4-8-19-14(10)25-12-7-3-2-6-11(12)17/h2-9H,1H3,(H3,18,20,21,23)/t9-/m0/s1. The first-order chi connectivity index (χ1) is 11.9. The Bertz CT molecular complexity index is 815. The van der Waals surface area contributed by atoms with Crippen LogP contribution in [-0.4, -0.2) is 29.0 Å². The van der Waals surface area contributed by atoms with Crippen LogP contribution >= 0.6 is 23.4 Å². The topological polar surface area (TPSA) is 111 Å². The number of nitrogens with one attached hydrogen (secondary N) is 1. The second-order valence-electron chi connectivity index (χ2n) is 4.79. The molecule has 0 saturated carbocycles. The maximum atomic E-state index is 12.3. The highest BCUT2D eigenvalue weighted by molar-refractivity contribution is 7.99. The van der Waals surface area contributed by atoms with Gasteiger partial charge in [0.15, 0.2) is 6.10 Å². The predicted octanol–water partition coefficient (Wildman–Crippen LogP) is 2.63. The van der Waals surface area contributed by atoms with Crippen LogP contribution in [0.2, 0.25) is 5.02 Å². The second kappa shape index (κ2) is 8.50. The molecule has 0 radical (unpaired) electrons. The molecule has 1 aromatic carbocycles. The third-order valence-corrected chi connectivity index (χ3v) is 4.47. The number of nitrogens with two attached hydrogens (primary N) is 1. The normalized spacial score (nSPS) is 11.4. The van der Waals surface area contributed by atoms with Crippen LogP contribution in [0.25, 0.3) is 0 Å². The molecule has 0 fully saturated rings. The van der Waals surface area contributed by atoms with E-state index in [0.29, 0.717) is 10.0 Å². The van der Waals surface area contributed by atoms with Crippen LogP contribution in [0.1, 0.15) is 17.3 Å². The molecule has 0 aliphatic rings. The molecule has 25 heavy (non-hydrogen) atoms. The Balaban J connectivity index is 2.17. The predicted molar refractivity (Wildman–Crippen MR) is 92.4 cm³/mol. The van der Waals surface area contributed by atoms with E-state index in [1.807, 2.05) is 11.4 Å². The van der Waals surface area contributed by atoms with Crippen molar-refractivity contribution in [3.63, 3.8) is 0 Å². The number of carbonyl (C=O) groups excluding carboxylic acids is 3. The van der Waals surface area contributed by atoms with Gasteiger partial charge in [-0.15, -0.1) is 0 Å². The Labute approximate surface area is 152 Å². The van der Waals surface area contributed by atoms with Crippen LogP contribution in [0.5, 0.6) is 0 Å². The molecule has 0 unspecified atom stereocenters. The quantitative estimate of drug-likeness (QED) is 0.772. The minimum Gasteiger partial charge on any atom is -0.449 e. The summed E-state index contributed by atoms with van der Waals surface area (Å²) in [5.74, 6) is -1.57. The van der Waals surface area contributed by atoms with Gasteiger partial charge in [0, 0.05) is 11.1 Å². The van der Waals surface area contributed by atoms with Crippen molar-refractivity contribution in [3.05, 3.63) is 53.2 Å². The van der Waals surface area contributed by atoms with Crippen molar-refractivity contribution in [2.45, 2.75) is 22.9 Å². The Kier molecular flexibility index (Phi) is 6.37. The number of carbonyl (C=O) groups is 3. The molecular formula is C16H14ClN3O4S. The van der Waals surface area contributed by atoms with Crippen LogP contribution in [0.3, 0.4) is 0 Å². The highest BCUT2D eigenvalue weighted by atomic mass is 35.5. The summed E-state index contributed by atoms with van der Waals surface area (Å²) < 4.78 is 5.06. The average Bonchev–Trinajstić information content (AvgIpc) is 2.56. The fourth-order valence-corrected chi connectivity index (χ4v) is 2.91. The van der Waals surface area contributed by atoms with Gasteiger partial charge in [0.25, 0.3) is 5.91 Å². The third-order valence-electron chi connectivity index (χ3n) is 2.93. The van der Waals surface area contributed by atoms with Crippen LogP contribution in [0.4, 0.5) is 4.79 Å². The van der Waals surface area contributed by atoms with E-state index >= 15 is 0 Å². The molecule has 0 saturated heterocycles. The number of hydrogen-bond acceptors (Lipinski definition) is 6. The number of benzene rings is 1. The number of nitrogens with zero attached hydrogens (tertiary/aromatic N) is 1. The molecule has 7 nitrogen and oxygen atoms in total. The van der Waals surface area contributed by atoms with E-state index in [-0.39, 0.29) is 5.56 Å². The molecule has 9 heteroatoms. The number of ether oxygens (including phenoxy) is 1. The molecule has 3 amide bonds. The first kappa shape index (κ1) is 18.8. The molecule has 0 aliphatic carbocycles. The van der Waals surface area contributed by atoms with Gasteiger partial charge in [0.1, 0.15) is 5.03 Å². The summed E-state index contributed by atoms with van der Waals surface area (Å²) in [6.07, 6.45) is 0.331. The minimum absolute atomic E-state index is 0.172. The summed E-state index contributed by atoms with van der Waals surface area (Å²) in [7, 11) is 0. The number of halogens is 1. The molecule has 1 atom stereocenters. The van der Waals surface area contributed by atoms with Crippen molar-refractivity contribution < 1.29 is 19.1 Å². The SMILES string of the molecule is C[C@H](OC(=O)c1cccnc1Sc1ccccc1Cl)C(=O)NC(N)=O. The molecule has 2 aromatic rings. The highest BCUT2D eigenvalue weighted by Crippen LogP contribution is 2.33. The van der Waals surface area contributed by atoms with Crippen molar-refractivity contribution in [2.24, 2.45) is 5.73 Å². The molecular weight excluding hydrogens is 366 g/mol. The molecule has 0 bridgehead atoms. The summed E-state index contributed by atoms with van der Waals surface area (Å²) >= 11 is 7.32. The largest absolute Gasteiger partial charge is 0.449 e. The third kappa shape index (κ3) is 5.20. The zero-order valence-corrected chi connectivity index (χ0v) is 14.6. The van der Waals surface area contributed by atoms with Crippen LogP contribution in [0.15, 0.2) is 52.5 Å².